The van der Waals surface area contributed by atoms with E-state index in [0.29, 0.717) is 5.75 Å². The Hall–Kier alpha value is -2.04. The summed E-state index contributed by atoms with van der Waals surface area (Å²) >= 11 is 0. The Labute approximate surface area is 99.2 Å². The van der Waals surface area contributed by atoms with Crippen molar-refractivity contribution < 1.29 is 14.3 Å². The Kier molecular flexibility index (Phi) is 3.59. The summed E-state index contributed by atoms with van der Waals surface area (Å²) in [4.78, 5) is 22.5. The van der Waals surface area contributed by atoms with Gasteiger partial charge in [-0.2, -0.15) is 0 Å². The van der Waals surface area contributed by atoms with E-state index >= 15 is 0 Å². The largest absolute Gasteiger partial charge is 0.484 e. The molecule has 1 aromatic carbocycles. The molecule has 90 valence electrons. The van der Waals surface area contributed by atoms with Crippen LogP contribution in [0.2, 0.25) is 0 Å². The van der Waals surface area contributed by atoms with Crippen molar-refractivity contribution in [3.8, 4) is 5.75 Å². The zero-order chi connectivity index (χ0) is 12.1. The lowest BCUT2D eigenvalue weighted by Gasteiger charge is -2.07. The number of urea groups is 1. The fourth-order valence-electron chi connectivity index (χ4n) is 1.28. The molecule has 1 aliphatic carbocycles. The first-order valence-corrected chi connectivity index (χ1v) is 5.52. The van der Waals surface area contributed by atoms with Crippen LogP contribution in [0.15, 0.2) is 30.3 Å². The molecule has 5 heteroatoms. The number of nitrogens with one attached hydrogen (secondary N) is 2. The van der Waals surface area contributed by atoms with Crippen LogP contribution in [0.25, 0.3) is 0 Å². The number of amides is 3. The summed E-state index contributed by atoms with van der Waals surface area (Å²) in [5.41, 5.74) is 0. The highest BCUT2D eigenvalue weighted by Gasteiger charge is 2.23. The van der Waals surface area contributed by atoms with Gasteiger partial charge in [-0.15, -0.1) is 0 Å². The van der Waals surface area contributed by atoms with Crippen LogP contribution in [-0.4, -0.2) is 24.6 Å². The standard InChI is InChI=1S/C12H14N2O3/c15-11(14-12(16)13-9-6-7-9)8-17-10-4-2-1-3-5-10/h1-5,9H,6-8H2,(H2,13,14,15,16). The highest BCUT2D eigenvalue weighted by molar-refractivity contribution is 5.95. The smallest absolute Gasteiger partial charge is 0.321 e. The second-order valence-corrected chi connectivity index (χ2v) is 3.90. The number of benzene rings is 1. The second-order valence-electron chi connectivity index (χ2n) is 3.90. The summed E-state index contributed by atoms with van der Waals surface area (Å²) in [7, 11) is 0. The highest BCUT2D eigenvalue weighted by atomic mass is 16.5. The van der Waals surface area contributed by atoms with Crippen molar-refractivity contribution >= 4 is 11.9 Å². The quantitative estimate of drug-likeness (QED) is 0.818. The molecular formula is C12H14N2O3. The summed E-state index contributed by atoms with van der Waals surface area (Å²) in [5.74, 6) is 0.150. The Bertz CT molecular complexity index is 401. The van der Waals surface area contributed by atoms with Crippen molar-refractivity contribution in [3.63, 3.8) is 0 Å². The molecule has 0 bridgehead atoms. The molecule has 1 saturated carbocycles. The topological polar surface area (TPSA) is 67.4 Å². The third-order valence-corrected chi connectivity index (χ3v) is 2.28. The van der Waals surface area contributed by atoms with Crippen molar-refractivity contribution in [1.82, 2.24) is 10.6 Å². The first-order valence-electron chi connectivity index (χ1n) is 5.52. The minimum absolute atomic E-state index is 0.165. The molecule has 0 atom stereocenters. The lowest BCUT2D eigenvalue weighted by atomic mass is 10.3. The zero-order valence-corrected chi connectivity index (χ0v) is 9.31. The monoisotopic (exact) mass is 234 g/mol. The van der Waals surface area contributed by atoms with Gasteiger partial charge in [0, 0.05) is 6.04 Å². The molecule has 1 aliphatic rings. The van der Waals surface area contributed by atoms with Gasteiger partial charge in [0.25, 0.3) is 5.91 Å². The van der Waals surface area contributed by atoms with Crippen molar-refractivity contribution in [2.45, 2.75) is 18.9 Å². The van der Waals surface area contributed by atoms with Gasteiger partial charge in [-0.3, -0.25) is 10.1 Å². The Balaban J connectivity index is 1.68. The van der Waals surface area contributed by atoms with Gasteiger partial charge >= 0.3 is 6.03 Å². The van der Waals surface area contributed by atoms with E-state index in [1.807, 2.05) is 18.2 Å². The highest BCUT2D eigenvalue weighted by Crippen LogP contribution is 2.18. The van der Waals surface area contributed by atoms with Crippen LogP contribution in [0.3, 0.4) is 0 Å². The fourth-order valence-corrected chi connectivity index (χ4v) is 1.28. The fraction of sp³-hybridized carbons (Fsp3) is 0.333. The molecule has 0 saturated heterocycles. The van der Waals surface area contributed by atoms with Crippen molar-refractivity contribution in [2.24, 2.45) is 0 Å². The average Bonchev–Trinajstić information content (AvgIpc) is 3.11. The van der Waals surface area contributed by atoms with E-state index in [0.717, 1.165) is 12.8 Å². The molecule has 0 heterocycles. The molecule has 0 aromatic heterocycles. The molecule has 3 amide bonds. The zero-order valence-electron chi connectivity index (χ0n) is 9.31. The molecule has 2 rings (SSSR count). The van der Waals surface area contributed by atoms with Crippen molar-refractivity contribution in [1.29, 1.82) is 0 Å². The van der Waals surface area contributed by atoms with E-state index in [9.17, 15) is 9.59 Å². The van der Waals surface area contributed by atoms with Crippen LogP contribution in [0.5, 0.6) is 5.75 Å². The number of hydrogen-bond donors (Lipinski definition) is 2. The van der Waals surface area contributed by atoms with E-state index in [1.54, 1.807) is 12.1 Å². The molecule has 1 aromatic rings. The van der Waals surface area contributed by atoms with Crippen LogP contribution >= 0.6 is 0 Å². The minimum atomic E-state index is -0.452. The molecule has 1 fully saturated rings. The maximum atomic E-state index is 11.3. The van der Waals surface area contributed by atoms with E-state index in [2.05, 4.69) is 10.6 Å². The maximum Gasteiger partial charge on any atom is 0.321 e. The lowest BCUT2D eigenvalue weighted by molar-refractivity contribution is -0.122. The van der Waals surface area contributed by atoms with Gasteiger partial charge in [0.05, 0.1) is 0 Å². The molecule has 0 aliphatic heterocycles. The number of rotatable bonds is 4. The van der Waals surface area contributed by atoms with Gasteiger partial charge in [0.15, 0.2) is 6.61 Å². The van der Waals surface area contributed by atoms with E-state index in [4.69, 9.17) is 4.74 Å². The molecule has 0 radical (unpaired) electrons. The molecule has 0 unspecified atom stereocenters. The maximum absolute atomic E-state index is 11.3. The number of para-hydroxylation sites is 1. The summed E-state index contributed by atoms with van der Waals surface area (Å²) in [6.07, 6.45) is 1.98. The molecule has 5 nitrogen and oxygen atoms in total. The van der Waals surface area contributed by atoms with Crippen LogP contribution in [0.1, 0.15) is 12.8 Å². The average molecular weight is 234 g/mol. The van der Waals surface area contributed by atoms with E-state index in [1.165, 1.54) is 0 Å². The van der Waals surface area contributed by atoms with E-state index < -0.39 is 11.9 Å². The van der Waals surface area contributed by atoms with Crippen LogP contribution in [0.4, 0.5) is 4.79 Å². The van der Waals surface area contributed by atoms with Crippen molar-refractivity contribution in [2.75, 3.05) is 6.61 Å². The van der Waals surface area contributed by atoms with Gasteiger partial charge in [-0.1, -0.05) is 18.2 Å². The number of carbonyl (C=O) groups is 2. The summed E-state index contributed by atoms with van der Waals surface area (Å²) < 4.78 is 5.20. The predicted molar refractivity (Wildman–Crippen MR) is 61.6 cm³/mol. The summed E-state index contributed by atoms with van der Waals surface area (Å²) in [5, 5.41) is 4.86. The van der Waals surface area contributed by atoms with Crippen LogP contribution in [-0.2, 0) is 4.79 Å². The first-order chi connectivity index (χ1) is 8.24. The second kappa shape index (κ2) is 5.34. The normalized spacial score (nSPS) is 13.9. The first kappa shape index (κ1) is 11.4. The number of carbonyl (C=O) groups excluding carboxylic acids is 2. The summed E-state index contributed by atoms with van der Waals surface area (Å²) in [6, 6.07) is 8.76. The van der Waals surface area contributed by atoms with E-state index in [-0.39, 0.29) is 12.6 Å². The lowest BCUT2D eigenvalue weighted by Crippen LogP contribution is -2.42. The third kappa shape index (κ3) is 4.14. The van der Waals surface area contributed by atoms with Crippen LogP contribution < -0.4 is 15.4 Å². The molecule has 2 N–H and O–H groups in total. The summed E-state index contributed by atoms with van der Waals surface area (Å²) in [6.45, 7) is -0.165. The number of ether oxygens (including phenoxy) is 1. The van der Waals surface area contributed by atoms with Gasteiger partial charge in [0.1, 0.15) is 5.75 Å². The van der Waals surface area contributed by atoms with Gasteiger partial charge in [-0.05, 0) is 25.0 Å². The van der Waals surface area contributed by atoms with Gasteiger partial charge in [-0.25, -0.2) is 4.79 Å². The minimum Gasteiger partial charge on any atom is -0.484 e. The van der Waals surface area contributed by atoms with Gasteiger partial charge < -0.3 is 10.1 Å². The molecule has 0 spiro atoms. The Morgan fingerprint density at radius 1 is 1.24 bits per heavy atom. The van der Waals surface area contributed by atoms with Crippen molar-refractivity contribution in [3.05, 3.63) is 30.3 Å². The Morgan fingerprint density at radius 3 is 2.59 bits per heavy atom. The third-order valence-electron chi connectivity index (χ3n) is 2.28. The number of hydrogen-bond acceptors (Lipinski definition) is 3. The van der Waals surface area contributed by atoms with Crippen LogP contribution in [0, 0.1) is 0 Å². The Morgan fingerprint density at radius 2 is 1.94 bits per heavy atom. The molecule has 17 heavy (non-hydrogen) atoms. The van der Waals surface area contributed by atoms with Gasteiger partial charge in [0.2, 0.25) is 0 Å². The SMILES string of the molecule is O=C(COc1ccccc1)NC(=O)NC1CC1. The molecular weight excluding hydrogens is 220 g/mol. The predicted octanol–water partition coefficient (Wildman–Crippen LogP) is 1.05. The number of imide groups is 1.